The van der Waals surface area contributed by atoms with E-state index in [0.717, 1.165) is 17.5 Å². The number of sulfone groups is 1. The molecule has 0 bridgehead atoms. The molecule has 154 valence electrons. The summed E-state index contributed by atoms with van der Waals surface area (Å²) in [6.07, 6.45) is 0.0128. The predicted molar refractivity (Wildman–Crippen MR) is 106 cm³/mol. The van der Waals surface area contributed by atoms with Crippen molar-refractivity contribution in [2.24, 2.45) is 0 Å². The number of hydrogen-bond acceptors (Lipinski definition) is 7. The zero-order valence-corrected chi connectivity index (χ0v) is 16.4. The van der Waals surface area contributed by atoms with Crippen LogP contribution in [0.15, 0.2) is 68.3 Å². The lowest BCUT2D eigenvalue weighted by molar-refractivity contribution is -0.116. The normalized spacial score (nSPS) is 11.6. The quantitative estimate of drug-likeness (QED) is 0.444. The van der Waals surface area contributed by atoms with E-state index >= 15 is 0 Å². The lowest BCUT2D eigenvalue weighted by Crippen LogP contribution is -2.14. The molecule has 10 heteroatoms. The van der Waals surface area contributed by atoms with Crippen molar-refractivity contribution in [3.05, 3.63) is 60.4 Å². The number of hydrogen-bond donors (Lipinski definition) is 1. The highest BCUT2D eigenvalue weighted by Crippen LogP contribution is 2.27. The number of nitrogens with zero attached hydrogens (tertiary/aromatic N) is 2. The Balaban J connectivity index is 1.33. The Kier molecular flexibility index (Phi) is 5.32. The van der Waals surface area contributed by atoms with Gasteiger partial charge in [-0.25, -0.2) is 12.8 Å². The first-order valence-corrected chi connectivity index (χ1v) is 10.7. The molecular weight excluding hydrogens is 413 g/mol. The molecule has 0 unspecified atom stereocenters. The number of fused-ring (bicyclic) bond motifs is 1. The SMILES string of the molecule is O=C(CCCS(=O)(=O)c1ccc(F)cc1)Nc1nnc(-c2cc3ccccc3o2)o1. The Labute approximate surface area is 170 Å². The second-order valence-electron chi connectivity index (χ2n) is 6.49. The van der Waals surface area contributed by atoms with E-state index in [1.54, 1.807) is 12.1 Å². The fraction of sp³-hybridized carbons (Fsp3) is 0.150. The van der Waals surface area contributed by atoms with Gasteiger partial charge in [0.05, 0.1) is 10.6 Å². The van der Waals surface area contributed by atoms with E-state index in [9.17, 15) is 17.6 Å². The van der Waals surface area contributed by atoms with E-state index in [4.69, 9.17) is 8.83 Å². The van der Waals surface area contributed by atoms with Gasteiger partial charge in [0, 0.05) is 11.8 Å². The summed E-state index contributed by atoms with van der Waals surface area (Å²) in [6.45, 7) is 0. The van der Waals surface area contributed by atoms with Gasteiger partial charge in [-0.05, 0) is 42.8 Å². The molecule has 0 fully saturated rings. The smallest absolute Gasteiger partial charge is 0.322 e. The monoisotopic (exact) mass is 429 g/mol. The Morgan fingerprint density at radius 3 is 2.57 bits per heavy atom. The molecule has 2 heterocycles. The van der Waals surface area contributed by atoms with Crippen molar-refractivity contribution in [1.82, 2.24) is 10.2 Å². The molecule has 1 amide bonds. The van der Waals surface area contributed by atoms with E-state index in [-0.39, 0.29) is 35.4 Å². The number of anilines is 1. The van der Waals surface area contributed by atoms with Crippen molar-refractivity contribution in [1.29, 1.82) is 0 Å². The maximum Gasteiger partial charge on any atom is 0.322 e. The molecule has 0 aliphatic rings. The standard InChI is InChI=1S/C20H16FN3O5S/c21-14-7-9-15(10-8-14)30(26,27)11-3-6-18(25)22-20-24-23-19(29-20)17-12-13-4-1-2-5-16(13)28-17/h1-2,4-5,7-10,12H,3,6,11H2,(H,22,24,25). The van der Waals surface area contributed by atoms with Gasteiger partial charge in [0.15, 0.2) is 15.6 Å². The fourth-order valence-corrected chi connectivity index (χ4v) is 4.14. The van der Waals surface area contributed by atoms with E-state index in [2.05, 4.69) is 15.5 Å². The van der Waals surface area contributed by atoms with Crippen LogP contribution in [0.1, 0.15) is 12.8 Å². The molecule has 8 nitrogen and oxygen atoms in total. The van der Waals surface area contributed by atoms with Crippen LogP contribution in [-0.4, -0.2) is 30.3 Å². The third kappa shape index (κ3) is 4.38. The highest BCUT2D eigenvalue weighted by Gasteiger charge is 2.17. The molecule has 2 aromatic carbocycles. The first-order valence-electron chi connectivity index (χ1n) is 9.01. The second-order valence-corrected chi connectivity index (χ2v) is 8.59. The summed E-state index contributed by atoms with van der Waals surface area (Å²) in [6, 6.07) is 13.6. The van der Waals surface area contributed by atoms with Crippen LogP contribution in [0.3, 0.4) is 0 Å². The number of benzene rings is 2. The maximum atomic E-state index is 12.9. The highest BCUT2D eigenvalue weighted by atomic mass is 32.2. The molecule has 0 saturated carbocycles. The third-order valence-corrected chi connectivity index (χ3v) is 6.11. The van der Waals surface area contributed by atoms with Crippen LogP contribution < -0.4 is 5.32 Å². The Hall–Kier alpha value is -3.53. The molecule has 0 radical (unpaired) electrons. The summed E-state index contributed by atoms with van der Waals surface area (Å²) in [5, 5.41) is 10.9. The number of carbonyl (C=O) groups is 1. The van der Waals surface area contributed by atoms with Gasteiger partial charge in [-0.15, -0.1) is 5.10 Å². The predicted octanol–water partition coefficient (Wildman–Crippen LogP) is 3.81. The van der Waals surface area contributed by atoms with Crippen LogP contribution in [0.5, 0.6) is 0 Å². The number of para-hydroxylation sites is 1. The highest BCUT2D eigenvalue weighted by molar-refractivity contribution is 7.91. The molecule has 0 aliphatic carbocycles. The topological polar surface area (TPSA) is 115 Å². The summed E-state index contributed by atoms with van der Waals surface area (Å²) in [5.41, 5.74) is 0.665. The van der Waals surface area contributed by atoms with E-state index in [0.29, 0.717) is 11.3 Å². The van der Waals surface area contributed by atoms with Gasteiger partial charge in [0.2, 0.25) is 5.91 Å². The molecule has 0 saturated heterocycles. The van der Waals surface area contributed by atoms with Gasteiger partial charge in [-0.1, -0.05) is 23.3 Å². The maximum absolute atomic E-state index is 12.9. The third-order valence-electron chi connectivity index (χ3n) is 4.30. The molecule has 4 aromatic rings. The van der Waals surface area contributed by atoms with Crippen LogP contribution in [0.2, 0.25) is 0 Å². The molecule has 0 atom stereocenters. The first kappa shape index (κ1) is 19.8. The second kappa shape index (κ2) is 8.07. The lowest BCUT2D eigenvalue weighted by atomic mass is 10.2. The number of amides is 1. The number of aromatic nitrogens is 2. The number of halogens is 1. The number of nitrogens with one attached hydrogen (secondary N) is 1. The van der Waals surface area contributed by atoms with Crippen molar-refractivity contribution in [3.63, 3.8) is 0 Å². The molecular formula is C20H16FN3O5S. The summed E-state index contributed by atoms with van der Waals surface area (Å²) >= 11 is 0. The van der Waals surface area contributed by atoms with Crippen LogP contribution in [0.4, 0.5) is 10.4 Å². The van der Waals surface area contributed by atoms with E-state index < -0.39 is 21.6 Å². The molecule has 2 aromatic heterocycles. The molecule has 0 spiro atoms. The van der Waals surface area contributed by atoms with Gasteiger partial charge >= 0.3 is 6.01 Å². The van der Waals surface area contributed by atoms with Gasteiger partial charge in [0.25, 0.3) is 5.89 Å². The minimum Gasteiger partial charge on any atom is -0.451 e. The van der Waals surface area contributed by atoms with Crippen molar-refractivity contribution in [2.75, 3.05) is 11.1 Å². The zero-order valence-electron chi connectivity index (χ0n) is 15.5. The average molecular weight is 429 g/mol. The van der Waals surface area contributed by atoms with E-state index in [1.165, 1.54) is 12.1 Å². The van der Waals surface area contributed by atoms with Crippen LogP contribution in [0, 0.1) is 5.82 Å². The Morgan fingerprint density at radius 2 is 1.80 bits per heavy atom. The van der Waals surface area contributed by atoms with Crippen molar-refractivity contribution in [3.8, 4) is 11.7 Å². The van der Waals surface area contributed by atoms with Gasteiger partial charge in [-0.2, -0.15) is 0 Å². The van der Waals surface area contributed by atoms with Gasteiger partial charge in [0.1, 0.15) is 11.4 Å². The fourth-order valence-electron chi connectivity index (χ4n) is 2.82. The Bertz CT molecular complexity index is 1260. The zero-order chi connectivity index (χ0) is 21.1. The Morgan fingerprint density at radius 1 is 1.03 bits per heavy atom. The number of rotatable bonds is 7. The average Bonchev–Trinajstić information content (AvgIpc) is 3.34. The summed E-state index contributed by atoms with van der Waals surface area (Å²) in [7, 11) is -3.60. The van der Waals surface area contributed by atoms with Crippen molar-refractivity contribution < 1.29 is 26.4 Å². The summed E-state index contributed by atoms with van der Waals surface area (Å²) < 4.78 is 48.4. The summed E-state index contributed by atoms with van der Waals surface area (Å²) in [4.78, 5) is 12.1. The van der Waals surface area contributed by atoms with Crippen LogP contribution in [-0.2, 0) is 14.6 Å². The van der Waals surface area contributed by atoms with Gasteiger partial charge in [-0.3, -0.25) is 10.1 Å². The molecule has 1 N–H and O–H groups in total. The number of furan rings is 1. The van der Waals surface area contributed by atoms with Crippen molar-refractivity contribution >= 4 is 32.7 Å². The molecule has 30 heavy (non-hydrogen) atoms. The molecule has 4 rings (SSSR count). The first-order chi connectivity index (χ1) is 14.4. The molecule has 0 aliphatic heterocycles. The largest absolute Gasteiger partial charge is 0.451 e. The van der Waals surface area contributed by atoms with E-state index in [1.807, 2.05) is 18.2 Å². The van der Waals surface area contributed by atoms with Crippen LogP contribution >= 0.6 is 0 Å². The van der Waals surface area contributed by atoms with Crippen molar-refractivity contribution in [2.45, 2.75) is 17.7 Å². The minimum absolute atomic E-state index is 0.0108. The minimum atomic E-state index is -3.60. The summed E-state index contributed by atoms with van der Waals surface area (Å²) in [5.74, 6) is -0.755. The number of carbonyl (C=O) groups excluding carboxylic acids is 1. The van der Waals surface area contributed by atoms with Crippen LogP contribution in [0.25, 0.3) is 22.6 Å². The lowest BCUT2D eigenvalue weighted by Gasteiger charge is -2.04. The van der Waals surface area contributed by atoms with Gasteiger partial charge < -0.3 is 8.83 Å².